The van der Waals surface area contributed by atoms with Crippen molar-refractivity contribution in [3.63, 3.8) is 0 Å². The van der Waals surface area contributed by atoms with Crippen LogP contribution in [0.1, 0.15) is 39.0 Å². The molecule has 1 saturated carbocycles. The molecule has 0 aromatic rings. The summed E-state index contributed by atoms with van der Waals surface area (Å²) < 4.78 is 5.69. The Morgan fingerprint density at radius 1 is 1.53 bits per heavy atom. The first-order chi connectivity index (χ1) is 7.19. The third-order valence-corrected chi connectivity index (χ3v) is 3.58. The zero-order valence-corrected chi connectivity index (χ0v) is 9.11. The van der Waals surface area contributed by atoms with Gasteiger partial charge in [-0.2, -0.15) is 0 Å². The van der Waals surface area contributed by atoms with Gasteiger partial charge < -0.3 is 9.84 Å². The zero-order chi connectivity index (χ0) is 10.9. The van der Waals surface area contributed by atoms with Crippen molar-refractivity contribution in [1.82, 2.24) is 0 Å². The summed E-state index contributed by atoms with van der Waals surface area (Å²) in [4.78, 5) is 10.7. The highest BCUT2D eigenvalue weighted by Crippen LogP contribution is 2.57. The molecule has 1 N–H and O–H groups in total. The van der Waals surface area contributed by atoms with Gasteiger partial charge in [0, 0.05) is 5.92 Å². The highest BCUT2D eigenvalue weighted by Gasteiger charge is 2.64. The van der Waals surface area contributed by atoms with Crippen molar-refractivity contribution in [2.45, 2.75) is 50.7 Å². The normalized spacial score (nSPS) is 38.2. The summed E-state index contributed by atoms with van der Waals surface area (Å²) in [5.41, 5.74) is -0.107. The Morgan fingerprint density at radius 2 is 2.33 bits per heavy atom. The summed E-state index contributed by atoms with van der Waals surface area (Å²) in [5, 5.41) is 8.82. The van der Waals surface area contributed by atoms with Gasteiger partial charge in [-0.25, -0.2) is 0 Å². The van der Waals surface area contributed by atoms with Gasteiger partial charge >= 0.3 is 5.97 Å². The number of fused-ring (bicyclic) bond motifs is 1. The Hall–Kier alpha value is -0.830. The number of aliphatic carboxylic acids is 1. The fourth-order valence-electron chi connectivity index (χ4n) is 2.76. The van der Waals surface area contributed by atoms with Crippen LogP contribution in [0.15, 0.2) is 12.2 Å². The number of carboxylic acids is 1. The molecule has 84 valence electrons. The Labute approximate surface area is 90.1 Å². The van der Waals surface area contributed by atoms with Crippen LogP contribution in [0.5, 0.6) is 0 Å². The first-order valence-corrected chi connectivity index (χ1v) is 5.73. The minimum absolute atomic E-state index is 0.107. The number of allylic oxidation sites excluding steroid dienone is 1. The smallest absolute Gasteiger partial charge is 0.303 e. The Balaban J connectivity index is 1.95. The molecule has 0 radical (unpaired) electrons. The molecule has 3 nitrogen and oxygen atoms in total. The van der Waals surface area contributed by atoms with Crippen molar-refractivity contribution >= 4 is 5.97 Å². The lowest BCUT2D eigenvalue weighted by Crippen LogP contribution is -2.23. The van der Waals surface area contributed by atoms with Crippen LogP contribution in [0.2, 0.25) is 0 Å². The fourth-order valence-corrected chi connectivity index (χ4v) is 2.76. The van der Waals surface area contributed by atoms with Crippen LogP contribution >= 0.6 is 0 Å². The zero-order valence-electron chi connectivity index (χ0n) is 9.11. The summed E-state index contributed by atoms with van der Waals surface area (Å²) in [6.45, 7) is 2.10. The molecule has 1 saturated heterocycles. The first-order valence-electron chi connectivity index (χ1n) is 5.73. The maximum Gasteiger partial charge on any atom is 0.303 e. The van der Waals surface area contributed by atoms with Crippen molar-refractivity contribution in [3.8, 4) is 0 Å². The summed E-state index contributed by atoms with van der Waals surface area (Å²) in [6, 6.07) is 0. The van der Waals surface area contributed by atoms with E-state index < -0.39 is 5.97 Å². The molecule has 1 heterocycles. The Morgan fingerprint density at radius 3 is 2.93 bits per heavy atom. The van der Waals surface area contributed by atoms with Gasteiger partial charge in [-0.05, 0) is 25.7 Å². The minimum atomic E-state index is -0.699. The topological polar surface area (TPSA) is 49.8 Å². The molecule has 2 aliphatic rings. The molecule has 0 bridgehead atoms. The van der Waals surface area contributed by atoms with Crippen LogP contribution < -0.4 is 0 Å². The molecular formula is C12H18O3. The molecule has 3 heteroatoms. The number of hydrogen-bond acceptors (Lipinski definition) is 2. The largest absolute Gasteiger partial charge is 0.481 e. The van der Waals surface area contributed by atoms with Gasteiger partial charge in [0.2, 0.25) is 0 Å². The average molecular weight is 210 g/mol. The van der Waals surface area contributed by atoms with E-state index in [9.17, 15) is 4.79 Å². The number of ether oxygens (including phenoxy) is 1. The van der Waals surface area contributed by atoms with Gasteiger partial charge in [-0.15, -0.1) is 0 Å². The van der Waals surface area contributed by atoms with E-state index in [-0.39, 0.29) is 17.9 Å². The first kappa shape index (κ1) is 10.7. The molecule has 0 spiro atoms. The van der Waals surface area contributed by atoms with E-state index in [4.69, 9.17) is 9.84 Å². The quantitative estimate of drug-likeness (QED) is 0.560. The van der Waals surface area contributed by atoms with Crippen LogP contribution in [0.4, 0.5) is 0 Å². The summed E-state index contributed by atoms with van der Waals surface area (Å²) >= 11 is 0. The van der Waals surface area contributed by atoms with Crippen molar-refractivity contribution in [2.24, 2.45) is 5.92 Å². The van der Waals surface area contributed by atoms with Gasteiger partial charge in [0.1, 0.15) is 5.60 Å². The van der Waals surface area contributed by atoms with Gasteiger partial charge in [-0.3, -0.25) is 4.79 Å². The lowest BCUT2D eigenvalue weighted by atomic mass is 9.88. The van der Waals surface area contributed by atoms with Gasteiger partial charge in [-0.1, -0.05) is 19.1 Å². The highest BCUT2D eigenvalue weighted by atomic mass is 16.6. The molecule has 1 aliphatic carbocycles. The van der Waals surface area contributed by atoms with Crippen molar-refractivity contribution in [2.75, 3.05) is 0 Å². The standard InChI is InChI=1S/C12H18O3/c1-2-3-4-7-12-9(8-11(13)14)5-6-10(12)15-12/h3-4,9-10H,2,5-8H2,1H3,(H,13,14)/b4-3-/t9-,10-,12+/m1/s1. The van der Waals surface area contributed by atoms with E-state index in [1.165, 1.54) is 0 Å². The fraction of sp³-hybridized carbons (Fsp3) is 0.750. The van der Waals surface area contributed by atoms with E-state index in [2.05, 4.69) is 19.1 Å². The molecule has 2 fully saturated rings. The monoisotopic (exact) mass is 210 g/mol. The Bertz CT molecular complexity index is 285. The molecule has 0 aromatic carbocycles. The van der Waals surface area contributed by atoms with Crippen LogP contribution in [-0.2, 0) is 9.53 Å². The number of hydrogen-bond donors (Lipinski definition) is 1. The lowest BCUT2D eigenvalue weighted by molar-refractivity contribution is -0.138. The third-order valence-electron chi connectivity index (χ3n) is 3.58. The van der Waals surface area contributed by atoms with Crippen LogP contribution in [-0.4, -0.2) is 22.8 Å². The molecule has 0 amide bonds. The van der Waals surface area contributed by atoms with E-state index in [0.717, 1.165) is 25.7 Å². The lowest BCUT2D eigenvalue weighted by Gasteiger charge is -2.17. The van der Waals surface area contributed by atoms with Crippen LogP contribution in [0.3, 0.4) is 0 Å². The molecule has 0 unspecified atom stereocenters. The van der Waals surface area contributed by atoms with E-state index in [1.807, 2.05) is 0 Å². The number of carbonyl (C=O) groups is 1. The molecule has 3 atom stereocenters. The van der Waals surface area contributed by atoms with Crippen molar-refractivity contribution in [1.29, 1.82) is 0 Å². The number of carboxylic acid groups (broad SMARTS) is 1. The summed E-state index contributed by atoms with van der Waals surface area (Å²) in [6.07, 6.45) is 8.84. The van der Waals surface area contributed by atoms with E-state index in [1.54, 1.807) is 0 Å². The molecule has 15 heavy (non-hydrogen) atoms. The molecular weight excluding hydrogens is 192 g/mol. The summed E-state index contributed by atoms with van der Waals surface area (Å²) in [5.74, 6) is -0.475. The minimum Gasteiger partial charge on any atom is -0.481 e. The van der Waals surface area contributed by atoms with Gasteiger partial charge in [0.15, 0.2) is 0 Å². The predicted octanol–water partition coefficient (Wildman–Crippen LogP) is 2.37. The van der Waals surface area contributed by atoms with Crippen LogP contribution in [0, 0.1) is 5.92 Å². The average Bonchev–Trinajstić information content (AvgIpc) is 2.80. The maximum absolute atomic E-state index is 10.7. The summed E-state index contributed by atoms with van der Waals surface area (Å²) in [7, 11) is 0. The van der Waals surface area contributed by atoms with Gasteiger partial charge in [0.25, 0.3) is 0 Å². The molecule has 2 rings (SSSR count). The molecule has 0 aromatic heterocycles. The predicted molar refractivity (Wildman–Crippen MR) is 56.6 cm³/mol. The maximum atomic E-state index is 10.7. The second kappa shape index (κ2) is 3.97. The SMILES string of the molecule is CC/C=C\C[C@@]12O[C@@H]1CC[C@@H]2CC(=O)O. The van der Waals surface area contributed by atoms with E-state index in [0.29, 0.717) is 6.10 Å². The van der Waals surface area contributed by atoms with Crippen molar-refractivity contribution in [3.05, 3.63) is 12.2 Å². The van der Waals surface area contributed by atoms with Crippen LogP contribution in [0.25, 0.3) is 0 Å². The third kappa shape index (κ3) is 1.93. The second-order valence-corrected chi connectivity index (χ2v) is 4.52. The number of rotatable bonds is 5. The highest BCUT2D eigenvalue weighted by molar-refractivity contribution is 5.67. The number of epoxide rings is 1. The second-order valence-electron chi connectivity index (χ2n) is 4.52. The van der Waals surface area contributed by atoms with E-state index >= 15 is 0 Å². The van der Waals surface area contributed by atoms with Crippen molar-refractivity contribution < 1.29 is 14.6 Å². The molecule has 1 aliphatic heterocycles. The van der Waals surface area contributed by atoms with Gasteiger partial charge in [0.05, 0.1) is 12.5 Å². The Kier molecular flexibility index (Phi) is 2.83.